The number of aliphatic hydroxyl groups excluding tert-OH is 2. The standard InChI is InChI=1S/C12H14O4/c13-10-4-7-2-1-3-8(5-12(15)16)9(7)6-11(10)14/h1-3,10-11,13-14H,4-6H2,(H,15,16)/t10-,11+/m0/s1. The summed E-state index contributed by atoms with van der Waals surface area (Å²) in [6.45, 7) is 0. The van der Waals surface area contributed by atoms with Crippen molar-refractivity contribution in [3.63, 3.8) is 0 Å². The van der Waals surface area contributed by atoms with Crippen LogP contribution in [0.2, 0.25) is 0 Å². The van der Waals surface area contributed by atoms with Crippen molar-refractivity contribution >= 4 is 5.97 Å². The van der Waals surface area contributed by atoms with E-state index < -0.39 is 18.2 Å². The van der Waals surface area contributed by atoms with Crippen LogP contribution < -0.4 is 0 Å². The molecule has 1 aliphatic rings. The van der Waals surface area contributed by atoms with Crippen LogP contribution in [0.4, 0.5) is 0 Å². The van der Waals surface area contributed by atoms with Crippen LogP contribution in [-0.4, -0.2) is 33.5 Å². The second-order valence-corrected chi connectivity index (χ2v) is 4.17. The molecule has 0 unspecified atom stereocenters. The van der Waals surface area contributed by atoms with Gasteiger partial charge in [0, 0.05) is 12.8 Å². The summed E-state index contributed by atoms with van der Waals surface area (Å²) in [6.07, 6.45) is -0.842. The normalized spacial score (nSPS) is 23.9. The average Bonchev–Trinajstić information content (AvgIpc) is 2.20. The van der Waals surface area contributed by atoms with E-state index >= 15 is 0 Å². The Morgan fingerprint density at radius 1 is 1.25 bits per heavy atom. The second-order valence-electron chi connectivity index (χ2n) is 4.17. The molecule has 4 heteroatoms. The summed E-state index contributed by atoms with van der Waals surface area (Å²) in [6, 6.07) is 5.43. The number of carbonyl (C=O) groups is 1. The zero-order valence-electron chi connectivity index (χ0n) is 8.76. The van der Waals surface area contributed by atoms with Crippen LogP contribution in [0.15, 0.2) is 18.2 Å². The molecule has 0 amide bonds. The molecule has 0 fully saturated rings. The Bertz CT molecular complexity index is 413. The molecular formula is C12H14O4. The highest BCUT2D eigenvalue weighted by atomic mass is 16.4. The third kappa shape index (κ3) is 2.08. The van der Waals surface area contributed by atoms with Crippen molar-refractivity contribution in [2.75, 3.05) is 0 Å². The van der Waals surface area contributed by atoms with Gasteiger partial charge in [0.25, 0.3) is 0 Å². The third-order valence-corrected chi connectivity index (χ3v) is 3.00. The molecule has 0 bridgehead atoms. The van der Waals surface area contributed by atoms with Gasteiger partial charge in [-0.3, -0.25) is 4.79 Å². The van der Waals surface area contributed by atoms with Crippen LogP contribution in [0, 0.1) is 0 Å². The van der Waals surface area contributed by atoms with E-state index in [-0.39, 0.29) is 6.42 Å². The number of aliphatic carboxylic acids is 1. The molecule has 2 atom stereocenters. The Labute approximate surface area is 93.2 Å². The predicted molar refractivity (Wildman–Crippen MR) is 57.2 cm³/mol. The van der Waals surface area contributed by atoms with Gasteiger partial charge >= 0.3 is 5.97 Å². The van der Waals surface area contributed by atoms with Crippen LogP contribution in [-0.2, 0) is 24.1 Å². The van der Waals surface area contributed by atoms with Crippen LogP contribution in [0.3, 0.4) is 0 Å². The lowest BCUT2D eigenvalue weighted by molar-refractivity contribution is -0.136. The van der Waals surface area contributed by atoms with Crippen molar-refractivity contribution in [1.29, 1.82) is 0 Å². The largest absolute Gasteiger partial charge is 0.481 e. The first kappa shape index (κ1) is 11.1. The molecule has 1 aromatic rings. The maximum absolute atomic E-state index is 10.7. The van der Waals surface area contributed by atoms with E-state index in [9.17, 15) is 15.0 Å². The number of carboxylic acids is 1. The minimum absolute atomic E-state index is 0.0357. The SMILES string of the molecule is O=C(O)Cc1cccc2c1C[C@@H](O)[C@@H](O)C2. The van der Waals surface area contributed by atoms with E-state index in [1.807, 2.05) is 6.07 Å². The van der Waals surface area contributed by atoms with Gasteiger partial charge in [0.1, 0.15) is 0 Å². The van der Waals surface area contributed by atoms with Crippen LogP contribution in [0.25, 0.3) is 0 Å². The molecule has 0 spiro atoms. The minimum Gasteiger partial charge on any atom is -0.481 e. The summed E-state index contributed by atoms with van der Waals surface area (Å²) >= 11 is 0. The lowest BCUT2D eigenvalue weighted by atomic mass is 9.84. The number of rotatable bonds is 2. The molecule has 1 aromatic carbocycles. The van der Waals surface area contributed by atoms with Gasteiger partial charge in [0.2, 0.25) is 0 Å². The van der Waals surface area contributed by atoms with Crippen LogP contribution >= 0.6 is 0 Å². The van der Waals surface area contributed by atoms with E-state index in [4.69, 9.17) is 5.11 Å². The van der Waals surface area contributed by atoms with Crippen molar-refractivity contribution in [2.24, 2.45) is 0 Å². The zero-order chi connectivity index (χ0) is 11.7. The summed E-state index contributed by atoms with van der Waals surface area (Å²) in [7, 11) is 0. The lowest BCUT2D eigenvalue weighted by Gasteiger charge is -2.27. The maximum Gasteiger partial charge on any atom is 0.307 e. The molecule has 2 rings (SSSR count). The average molecular weight is 222 g/mol. The monoisotopic (exact) mass is 222 g/mol. The number of fused-ring (bicyclic) bond motifs is 1. The molecule has 86 valence electrons. The van der Waals surface area contributed by atoms with Crippen LogP contribution in [0.5, 0.6) is 0 Å². The molecule has 0 aliphatic heterocycles. The Kier molecular flexibility index (Phi) is 2.94. The fourth-order valence-corrected chi connectivity index (χ4v) is 2.18. The molecule has 1 aliphatic carbocycles. The van der Waals surface area contributed by atoms with Crippen molar-refractivity contribution in [1.82, 2.24) is 0 Å². The third-order valence-electron chi connectivity index (χ3n) is 3.00. The molecule has 0 radical (unpaired) electrons. The van der Waals surface area contributed by atoms with Crippen molar-refractivity contribution < 1.29 is 20.1 Å². The fourth-order valence-electron chi connectivity index (χ4n) is 2.18. The Hall–Kier alpha value is -1.39. The first-order chi connectivity index (χ1) is 7.58. The minimum atomic E-state index is -0.881. The molecule has 0 saturated carbocycles. The van der Waals surface area contributed by atoms with Gasteiger partial charge in [-0.25, -0.2) is 0 Å². The molecule has 0 saturated heterocycles. The fraction of sp³-hybridized carbons (Fsp3) is 0.417. The highest BCUT2D eigenvalue weighted by molar-refractivity contribution is 5.71. The number of benzene rings is 1. The van der Waals surface area contributed by atoms with Crippen molar-refractivity contribution in [3.05, 3.63) is 34.9 Å². The number of aliphatic hydroxyl groups is 2. The summed E-state index contributed by atoms with van der Waals surface area (Å²) < 4.78 is 0. The smallest absolute Gasteiger partial charge is 0.307 e. The van der Waals surface area contributed by atoms with Gasteiger partial charge in [-0.2, -0.15) is 0 Å². The number of carboxylic acid groups (broad SMARTS) is 1. The van der Waals surface area contributed by atoms with E-state index in [1.165, 1.54) is 0 Å². The topological polar surface area (TPSA) is 77.8 Å². The van der Waals surface area contributed by atoms with Gasteiger partial charge in [-0.15, -0.1) is 0 Å². The van der Waals surface area contributed by atoms with E-state index in [0.29, 0.717) is 12.8 Å². The van der Waals surface area contributed by atoms with Gasteiger partial charge in [0.05, 0.1) is 18.6 Å². The predicted octanol–water partition coefficient (Wildman–Crippen LogP) is 0.134. The summed E-state index contributed by atoms with van der Waals surface area (Å²) in [5.41, 5.74) is 2.55. The summed E-state index contributed by atoms with van der Waals surface area (Å²) in [4.78, 5) is 10.7. The molecule has 0 aromatic heterocycles. The molecule has 0 heterocycles. The second kappa shape index (κ2) is 4.23. The Morgan fingerprint density at radius 2 is 1.94 bits per heavy atom. The zero-order valence-corrected chi connectivity index (χ0v) is 8.76. The van der Waals surface area contributed by atoms with E-state index in [0.717, 1.165) is 16.7 Å². The molecule has 16 heavy (non-hydrogen) atoms. The quantitative estimate of drug-likeness (QED) is 0.665. The van der Waals surface area contributed by atoms with Crippen LogP contribution in [0.1, 0.15) is 16.7 Å². The van der Waals surface area contributed by atoms with Gasteiger partial charge in [-0.05, 0) is 16.7 Å². The maximum atomic E-state index is 10.7. The first-order valence-electron chi connectivity index (χ1n) is 5.25. The number of hydrogen-bond donors (Lipinski definition) is 3. The lowest BCUT2D eigenvalue weighted by Crippen LogP contribution is -2.35. The van der Waals surface area contributed by atoms with E-state index in [1.54, 1.807) is 12.1 Å². The van der Waals surface area contributed by atoms with Crippen molar-refractivity contribution in [3.8, 4) is 0 Å². The van der Waals surface area contributed by atoms with Crippen molar-refractivity contribution in [2.45, 2.75) is 31.5 Å². The first-order valence-corrected chi connectivity index (χ1v) is 5.25. The summed E-state index contributed by atoms with van der Waals surface area (Å²) in [5, 5.41) is 27.9. The molecule has 4 nitrogen and oxygen atoms in total. The highest BCUT2D eigenvalue weighted by Gasteiger charge is 2.26. The molecular weight excluding hydrogens is 208 g/mol. The Morgan fingerprint density at radius 3 is 2.62 bits per heavy atom. The van der Waals surface area contributed by atoms with Gasteiger partial charge < -0.3 is 15.3 Å². The summed E-state index contributed by atoms with van der Waals surface area (Å²) in [5.74, 6) is -0.881. The highest BCUT2D eigenvalue weighted by Crippen LogP contribution is 2.25. The number of hydrogen-bond acceptors (Lipinski definition) is 3. The Balaban J connectivity index is 2.36. The van der Waals surface area contributed by atoms with E-state index in [2.05, 4.69) is 0 Å². The van der Waals surface area contributed by atoms with Gasteiger partial charge in [0.15, 0.2) is 0 Å². The molecule has 3 N–H and O–H groups in total. The van der Waals surface area contributed by atoms with Gasteiger partial charge in [-0.1, -0.05) is 18.2 Å².